The molecule has 2 aromatic carbocycles. The lowest BCUT2D eigenvalue weighted by molar-refractivity contribution is -0.147. The van der Waals surface area contributed by atoms with Crippen LogP contribution in [0.1, 0.15) is 15.9 Å². The van der Waals surface area contributed by atoms with Crippen molar-refractivity contribution >= 4 is 11.9 Å². The maximum atomic E-state index is 11.6. The molecule has 0 saturated carbocycles. The first-order valence-corrected chi connectivity index (χ1v) is 6.38. The van der Waals surface area contributed by atoms with Gasteiger partial charge in [0.1, 0.15) is 12.4 Å². The molecule has 2 aromatic rings. The second-order valence-electron chi connectivity index (χ2n) is 4.30. The summed E-state index contributed by atoms with van der Waals surface area (Å²) in [6, 6.07) is 15.8. The summed E-state index contributed by atoms with van der Waals surface area (Å²) in [5, 5.41) is 0. The lowest BCUT2D eigenvalue weighted by Gasteiger charge is -2.09. The highest BCUT2D eigenvalue weighted by molar-refractivity contribution is 5.95. The molecule has 0 aliphatic rings. The van der Waals surface area contributed by atoms with Gasteiger partial charge < -0.3 is 15.2 Å². The Kier molecular flexibility index (Phi) is 4.93. The van der Waals surface area contributed by atoms with Gasteiger partial charge in [0, 0.05) is 0 Å². The van der Waals surface area contributed by atoms with Gasteiger partial charge in [0.05, 0.1) is 5.56 Å². The summed E-state index contributed by atoms with van der Waals surface area (Å²) in [5.74, 6) is -0.858. The van der Waals surface area contributed by atoms with Crippen molar-refractivity contribution < 1.29 is 19.1 Å². The fourth-order valence-corrected chi connectivity index (χ4v) is 1.71. The number of amides is 1. The number of rotatable bonds is 6. The number of hydrogen-bond donors (Lipinski definition) is 1. The zero-order valence-corrected chi connectivity index (χ0v) is 11.3. The third-order valence-corrected chi connectivity index (χ3v) is 2.74. The highest BCUT2D eigenvalue weighted by Crippen LogP contribution is 2.17. The summed E-state index contributed by atoms with van der Waals surface area (Å²) < 4.78 is 10.3. The molecule has 0 unspecified atom stereocenters. The molecule has 0 heterocycles. The van der Waals surface area contributed by atoms with E-state index in [1.54, 1.807) is 18.2 Å². The maximum Gasteiger partial charge on any atom is 0.344 e. The number of nitrogens with two attached hydrogens (primary N) is 1. The fourth-order valence-electron chi connectivity index (χ4n) is 1.71. The largest absolute Gasteiger partial charge is 0.481 e. The van der Waals surface area contributed by atoms with Crippen LogP contribution in [0.5, 0.6) is 5.75 Å². The Labute approximate surface area is 122 Å². The van der Waals surface area contributed by atoms with E-state index in [2.05, 4.69) is 0 Å². The number of para-hydroxylation sites is 1. The Morgan fingerprint density at radius 2 is 1.62 bits per heavy atom. The molecule has 0 spiro atoms. The smallest absolute Gasteiger partial charge is 0.344 e. The van der Waals surface area contributed by atoms with E-state index in [-0.39, 0.29) is 24.5 Å². The molecule has 2 rings (SSSR count). The van der Waals surface area contributed by atoms with Crippen LogP contribution in [0.3, 0.4) is 0 Å². The second-order valence-corrected chi connectivity index (χ2v) is 4.30. The van der Waals surface area contributed by atoms with Crippen LogP contribution in [-0.4, -0.2) is 18.5 Å². The number of esters is 1. The molecule has 0 atom stereocenters. The molecule has 2 N–H and O–H groups in total. The molecule has 0 aliphatic heterocycles. The normalized spacial score (nSPS) is 9.90. The first-order valence-electron chi connectivity index (χ1n) is 6.38. The topological polar surface area (TPSA) is 78.6 Å². The van der Waals surface area contributed by atoms with E-state index < -0.39 is 11.9 Å². The fraction of sp³-hybridized carbons (Fsp3) is 0.125. The Hall–Kier alpha value is -2.82. The van der Waals surface area contributed by atoms with Gasteiger partial charge >= 0.3 is 5.97 Å². The molecule has 0 fully saturated rings. The lowest BCUT2D eigenvalue weighted by Crippen LogP contribution is -2.18. The zero-order chi connectivity index (χ0) is 15.1. The van der Waals surface area contributed by atoms with E-state index in [1.807, 2.05) is 30.3 Å². The van der Waals surface area contributed by atoms with Gasteiger partial charge in [0.25, 0.3) is 5.91 Å². The molecule has 5 nitrogen and oxygen atoms in total. The zero-order valence-electron chi connectivity index (χ0n) is 11.3. The van der Waals surface area contributed by atoms with E-state index >= 15 is 0 Å². The molecule has 0 aromatic heterocycles. The Morgan fingerprint density at radius 3 is 2.33 bits per heavy atom. The van der Waals surface area contributed by atoms with Crippen LogP contribution in [-0.2, 0) is 16.1 Å². The SMILES string of the molecule is NC(=O)c1ccccc1OCC(=O)OCc1ccccc1. The van der Waals surface area contributed by atoms with Gasteiger partial charge in [-0.15, -0.1) is 0 Å². The van der Waals surface area contributed by atoms with Crippen LogP contribution >= 0.6 is 0 Å². The Bertz CT molecular complexity index is 625. The van der Waals surface area contributed by atoms with E-state index in [9.17, 15) is 9.59 Å². The third kappa shape index (κ3) is 4.35. The predicted molar refractivity (Wildman–Crippen MR) is 76.7 cm³/mol. The van der Waals surface area contributed by atoms with Gasteiger partial charge in [0.15, 0.2) is 6.61 Å². The molecule has 5 heteroatoms. The van der Waals surface area contributed by atoms with Gasteiger partial charge in [-0.1, -0.05) is 42.5 Å². The van der Waals surface area contributed by atoms with Crippen molar-refractivity contribution in [3.05, 3.63) is 65.7 Å². The maximum absolute atomic E-state index is 11.6. The molecular formula is C16H15NO4. The molecule has 0 saturated heterocycles. The first-order chi connectivity index (χ1) is 10.2. The van der Waals surface area contributed by atoms with Crippen LogP contribution < -0.4 is 10.5 Å². The van der Waals surface area contributed by atoms with E-state index in [4.69, 9.17) is 15.2 Å². The van der Waals surface area contributed by atoms with Gasteiger partial charge in [-0.3, -0.25) is 4.79 Å². The average Bonchev–Trinajstić information content (AvgIpc) is 2.52. The van der Waals surface area contributed by atoms with Gasteiger partial charge in [-0.25, -0.2) is 4.79 Å². The second kappa shape index (κ2) is 7.09. The molecule has 1 amide bonds. The van der Waals surface area contributed by atoms with Crippen molar-refractivity contribution in [3.63, 3.8) is 0 Å². The van der Waals surface area contributed by atoms with Crippen molar-refractivity contribution in [1.82, 2.24) is 0 Å². The summed E-state index contributed by atoms with van der Waals surface area (Å²) in [7, 11) is 0. The van der Waals surface area contributed by atoms with Gasteiger partial charge in [0.2, 0.25) is 0 Å². The van der Waals surface area contributed by atoms with Crippen molar-refractivity contribution in [1.29, 1.82) is 0 Å². The summed E-state index contributed by atoms with van der Waals surface area (Å²) >= 11 is 0. The van der Waals surface area contributed by atoms with Gasteiger partial charge in [-0.2, -0.15) is 0 Å². The molecule has 0 aliphatic carbocycles. The van der Waals surface area contributed by atoms with Crippen molar-refractivity contribution in [2.45, 2.75) is 6.61 Å². The van der Waals surface area contributed by atoms with Crippen molar-refractivity contribution in [3.8, 4) is 5.75 Å². The molecule has 21 heavy (non-hydrogen) atoms. The number of carbonyl (C=O) groups excluding carboxylic acids is 2. The van der Waals surface area contributed by atoms with Crippen molar-refractivity contribution in [2.24, 2.45) is 5.73 Å². The minimum absolute atomic E-state index is 0.181. The third-order valence-electron chi connectivity index (χ3n) is 2.74. The summed E-state index contributed by atoms with van der Waals surface area (Å²) in [4.78, 5) is 22.8. The number of hydrogen-bond acceptors (Lipinski definition) is 4. The van der Waals surface area contributed by atoms with Crippen LogP contribution in [0.15, 0.2) is 54.6 Å². The Morgan fingerprint density at radius 1 is 0.952 bits per heavy atom. The number of ether oxygens (including phenoxy) is 2. The standard InChI is InChI=1S/C16H15NO4/c17-16(19)13-8-4-5-9-14(13)20-11-15(18)21-10-12-6-2-1-3-7-12/h1-9H,10-11H2,(H2,17,19). The van der Waals surface area contributed by atoms with Crippen molar-refractivity contribution in [2.75, 3.05) is 6.61 Å². The summed E-state index contributed by atoms with van der Waals surface area (Å²) in [6.07, 6.45) is 0. The quantitative estimate of drug-likeness (QED) is 0.822. The van der Waals surface area contributed by atoms with Crippen LogP contribution in [0.4, 0.5) is 0 Å². The number of primary amides is 1. The highest BCUT2D eigenvalue weighted by Gasteiger charge is 2.11. The van der Waals surface area contributed by atoms with E-state index in [0.717, 1.165) is 5.56 Å². The number of benzene rings is 2. The highest BCUT2D eigenvalue weighted by atomic mass is 16.6. The monoisotopic (exact) mass is 285 g/mol. The Balaban J connectivity index is 1.86. The van der Waals surface area contributed by atoms with E-state index in [1.165, 1.54) is 6.07 Å². The lowest BCUT2D eigenvalue weighted by atomic mass is 10.2. The molecule has 0 radical (unpaired) electrons. The van der Waals surface area contributed by atoms with Crippen LogP contribution in [0.25, 0.3) is 0 Å². The number of carbonyl (C=O) groups is 2. The minimum Gasteiger partial charge on any atom is -0.481 e. The molecule has 108 valence electrons. The first kappa shape index (κ1) is 14.6. The molecule has 0 bridgehead atoms. The van der Waals surface area contributed by atoms with Gasteiger partial charge in [-0.05, 0) is 17.7 Å². The average molecular weight is 285 g/mol. The summed E-state index contributed by atoms with van der Waals surface area (Å²) in [5.41, 5.74) is 6.34. The van der Waals surface area contributed by atoms with Crippen LogP contribution in [0.2, 0.25) is 0 Å². The molecular weight excluding hydrogens is 270 g/mol. The summed E-state index contributed by atoms with van der Waals surface area (Å²) in [6.45, 7) is -0.0996. The predicted octanol–water partition coefficient (Wildman–Crippen LogP) is 1.91. The minimum atomic E-state index is -0.608. The van der Waals surface area contributed by atoms with Crippen LogP contribution in [0, 0.1) is 0 Å². The van der Waals surface area contributed by atoms with E-state index in [0.29, 0.717) is 0 Å².